The van der Waals surface area contributed by atoms with Crippen LogP contribution >= 0.6 is 63.2 Å². The molecule has 0 amide bonds. The van der Waals surface area contributed by atoms with Gasteiger partial charge >= 0.3 is 0 Å². The number of nitrogens with zero attached hydrogens (tertiary/aromatic N) is 2. The van der Waals surface area contributed by atoms with E-state index in [1.165, 1.54) is 22.7 Å². The Labute approximate surface area is 162 Å². The van der Waals surface area contributed by atoms with Crippen molar-refractivity contribution in [3.05, 3.63) is 17.3 Å². The Balaban J connectivity index is 2.26. The molecule has 0 saturated heterocycles. The number of imidazole rings is 1. The summed E-state index contributed by atoms with van der Waals surface area (Å²) in [4.78, 5) is 5.36. The second kappa shape index (κ2) is 8.43. The summed E-state index contributed by atoms with van der Waals surface area (Å²) in [6.07, 6.45) is 4.38. The Morgan fingerprint density at radius 2 is 2.22 bits per heavy atom. The number of aromatic nitrogens is 2. The van der Waals surface area contributed by atoms with E-state index in [1.807, 2.05) is 6.92 Å². The van der Waals surface area contributed by atoms with Crippen LogP contribution in [0.15, 0.2) is 12.4 Å². The molecule has 1 N–H and O–H groups in total. The van der Waals surface area contributed by atoms with Crippen LogP contribution in [0.1, 0.15) is 25.1 Å². The molecule has 5 nitrogen and oxygen atoms in total. The molecule has 0 aliphatic heterocycles. The van der Waals surface area contributed by atoms with E-state index < -0.39 is 9.49 Å². The first-order chi connectivity index (χ1) is 10.8. The van der Waals surface area contributed by atoms with Gasteiger partial charge in [0.05, 0.1) is 6.61 Å². The van der Waals surface area contributed by atoms with Crippen molar-refractivity contribution in [2.24, 2.45) is 0 Å². The van der Waals surface area contributed by atoms with Gasteiger partial charge in [-0.3, -0.25) is 4.40 Å². The zero-order chi connectivity index (χ0) is 17.1. The van der Waals surface area contributed by atoms with E-state index in [4.69, 9.17) is 55.8 Å². The molecule has 0 aliphatic rings. The number of alkyl halides is 3. The summed E-state index contributed by atoms with van der Waals surface area (Å²) in [5.74, 6) is 1.34. The second-order valence-corrected chi connectivity index (χ2v) is 13.9. The van der Waals surface area contributed by atoms with Crippen LogP contribution in [0.4, 0.5) is 5.82 Å². The highest BCUT2D eigenvalue weighted by atomic mass is 35.6. The van der Waals surface area contributed by atoms with Gasteiger partial charge in [-0.05, 0) is 25.2 Å². The van der Waals surface area contributed by atoms with Crippen molar-refractivity contribution in [1.29, 1.82) is 0 Å². The molecule has 23 heavy (non-hydrogen) atoms. The Bertz CT molecular complexity index is 704. The molecule has 0 aromatic carbocycles. The molecule has 0 saturated carbocycles. The topological polar surface area (TPSA) is 47.8 Å². The number of halogens is 3. The van der Waals surface area contributed by atoms with Crippen LogP contribution in [-0.4, -0.2) is 21.7 Å². The van der Waals surface area contributed by atoms with Crippen molar-refractivity contribution < 1.29 is 9.15 Å². The first-order valence-corrected chi connectivity index (χ1v) is 12.9. The van der Waals surface area contributed by atoms with Crippen molar-refractivity contribution >= 4 is 85.8 Å². The molecule has 2 aromatic rings. The summed E-state index contributed by atoms with van der Waals surface area (Å²) < 4.78 is 11.5. The van der Waals surface area contributed by atoms with Crippen molar-refractivity contribution in [2.45, 2.75) is 24.1 Å². The van der Waals surface area contributed by atoms with Gasteiger partial charge in [0.25, 0.3) is 5.69 Å². The third kappa shape index (κ3) is 5.12. The van der Waals surface area contributed by atoms with Gasteiger partial charge in [-0.25, -0.2) is 15.1 Å². The van der Waals surface area contributed by atoms with Gasteiger partial charge in [-0.15, -0.1) is 0 Å². The number of nitrogens with one attached hydrogen (secondary N) is 1. The Morgan fingerprint density at radius 1 is 1.48 bits per heavy atom. The lowest BCUT2D eigenvalue weighted by atomic mass is 10.5. The SMILES string of the molecule is CCCSP(=S)(OCC)ONc1c(C(Cl)(Cl)Cl)sc2nccn12. The van der Waals surface area contributed by atoms with Gasteiger partial charge in [0.1, 0.15) is 4.88 Å². The standard InChI is InChI=1S/C11H15Cl3N3O2PS3/c1-3-7-22-20(21,18-4-2)19-16-9-8(11(12,13)14)23-10-15-5-6-17(9)10/h5-6,16H,3-4,7H2,1-2H3. The molecule has 1 unspecified atom stereocenters. The predicted molar refractivity (Wildman–Crippen MR) is 106 cm³/mol. The van der Waals surface area contributed by atoms with Crippen LogP contribution < -0.4 is 5.48 Å². The fourth-order valence-corrected chi connectivity index (χ4v) is 7.36. The Hall–Kier alpha value is 0.760. The summed E-state index contributed by atoms with van der Waals surface area (Å²) in [5.41, 5.74) is 0.315. The van der Waals surface area contributed by atoms with Crippen molar-refractivity contribution in [3.8, 4) is 0 Å². The zero-order valence-electron chi connectivity index (χ0n) is 12.3. The summed E-state index contributed by atoms with van der Waals surface area (Å²) in [6, 6.07) is 0. The third-order valence-electron chi connectivity index (χ3n) is 2.51. The summed E-state index contributed by atoms with van der Waals surface area (Å²) in [7, 11) is 0. The Morgan fingerprint density at radius 3 is 2.83 bits per heavy atom. The van der Waals surface area contributed by atoms with Gasteiger partial charge in [0.2, 0.25) is 3.79 Å². The molecule has 1 atom stereocenters. The van der Waals surface area contributed by atoms with Crippen LogP contribution in [0.5, 0.6) is 0 Å². The first kappa shape index (κ1) is 20.1. The highest BCUT2D eigenvalue weighted by molar-refractivity contribution is 8.67. The van der Waals surface area contributed by atoms with Gasteiger partial charge in [0.15, 0.2) is 10.8 Å². The van der Waals surface area contributed by atoms with E-state index in [9.17, 15) is 0 Å². The molecule has 0 spiro atoms. The van der Waals surface area contributed by atoms with Crippen LogP contribution in [-0.2, 0) is 24.7 Å². The average Bonchev–Trinajstić information content (AvgIpc) is 3.04. The monoisotopic (exact) mass is 453 g/mol. The highest BCUT2D eigenvalue weighted by Crippen LogP contribution is 2.61. The normalized spacial score (nSPS) is 15.0. The van der Waals surface area contributed by atoms with Crippen LogP contribution in [0.25, 0.3) is 4.96 Å². The minimum absolute atomic E-state index is 0.469. The molecule has 0 radical (unpaired) electrons. The number of thiazole rings is 1. The molecular formula is C11H15Cl3N3O2PS3. The zero-order valence-corrected chi connectivity index (χ0v) is 17.9. The summed E-state index contributed by atoms with van der Waals surface area (Å²) in [6.45, 7) is 4.42. The van der Waals surface area contributed by atoms with Crippen molar-refractivity contribution in [1.82, 2.24) is 9.38 Å². The van der Waals surface area contributed by atoms with E-state index >= 15 is 0 Å². The van der Waals surface area contributed by atoms with Crippen LogP contribution in [0.2, 0.25) is 0 Å². The second-order valence-electron chi connectivity index (χ2n) is 4.25. The first-order valence-electron chi connectivity index (χ1n) is 6.67. The number of hydrogen-bond donors (Lipinski definition) is 1. The molecule has 2 heterocycles. The van der Waals surface area contributed by atoms with E-state index in [0.29, 0.717) is 22.3 Å². The minimum Gasteiger partial charge on any atom is -0.321 e. The predicted octanol–water partition coefficient (Wildman–Crippen LogP) is 5.97. The maximum absolute atomic E-state index is 6.04. The van der Waals surface area contributed by atoms with E-state index in [0.717, 1.165) is 12.2 Å². The summed E-state index contributed by atoms with van der Waals surface area (Å²) >= 11 is 26.4. The maximum atomic E-state index is 6.04. The molecule has 2 aromatic heterocycles. The molecule has 0 aliphatic carbocycles. The third-order valence-corrected chi connectivity index (χ3v) is 9.92. The number of fused-ring (bicyclic) bond motifs is 1. The number of anilines is 1. The lowest BCUT2D eigenvalue weighted by molar-refractivity contribution is 0.306. The van der Waals surface area contributed by atoms with E-state index in [-0.39, 0.29) is 0 Å². The highest BCUT2D eigenvalue weighted by Gasteiger charge is 2.32. The van der Waals surface area contributed by atoms with Gasteiger partial charge < -0.3 is 4.52 Å². The van der Waals surface area contributed by atoms with Crippen molar-refractivity contribution in [2.75, 3.05) is 17.8 Å². The molecule has 130 valence electrons. The molecule has 12 heteroatoms. The largest absolute Gasteiger partial charge is 0.321 e. The molecule has 2 rings (SSSR count). The van der Waals surface area contributed by atoms with Gasteiger partial charge in [-0.2, -0.15) is 0 Å². The quantitative estimate of drug-likeness (QED) is 0.301. The van der Waals surface area contributed by atoms with Gasteiger partial charge in [-0.1, -0.05) is 64.4 Å². The van der Waals surface area contributed by atoms with E-state index in [1.54, 1.807) is 16.8 Å². The average molecular weight is 455 g/mol. The van der Waals surface area contributed by atoms with Crippen LogP contribution in [0, 0.1) is 0 Å². The minimum atomic E-state index is -2.53. The Kier molecular flexibility index (Phi) is 7.36. The molecule has 0 fully saturated rings. The fraction of sp³-hybridized carbons (Fsp3) is 0.545. The maximum Gasteiger partial charge on any atom is 0.270 e. The lowest BCUT2D eigenvalue weighted by Gasteiger charge is -2.21. The van der Waals surface area contributed by atoms with E-state index in [2.05, 4.69) is 17.4 Å². The smallest absolute Gasteiger partial charge is 0.270 e. The van der Waals surface area contributed by atoms with Crippen LogP contribution in [0.3, 0.4) is 0 Å². The fourth-order valence-electron chi connectivity index (χ4n) is 1.62. The number of hydrogen-bond acceptors (Lipinski definition) is 7. The van der Waals surface area contributed by atoms with Gasteiger partial charge in [0, 0.05) is 18.1 Å². The summed E-state index contributed by atoms with van der Waals surface area (Å²) in [5, 5.41) is 0. The number of rotatable bonds is 8. The lowest BCUT2D eigenvalue weighted by Crippen LogP contribution is -2.08. The van der Waals surface area contributed by atoms with Crippen molar-refractivity contribution in [3.63, 3.8) is 0 Å². The molecular weight excluding hydrogens is 440 g/mol. The molecule has 0 bridgehead atoms.